The molecule has 118 valence electrons. The van der Waals surface area contributed by atoms with Crippen LogP contribution in [0.5, 0.6) is 0 Å². The lowest BCUT2D eigenvalue weighted by Gasteiger charge is -2.10. The van der Waals surface area contributed by atoms with Gasteiger partial charge in [-0.1, -0.05) is 60.7 Å². The molecule has 0 unspecified atom stereocenters. The number of hydrogen-bond donors (Lipinski definition) is 1. The van der Waals surface area contributed by atoms with Gasteiger partial charge in [0.15, 0.2) is 0 Å². The van der Waals surface area contributed by atoms with Crippen LogP contribution in [0, 0.1) is 0 Å². The normalized spacial score (nSPS) is 10.2. The maximum atomic E-state index is 12.2. The van der Waals surface area contributed by atoms with Gasteiger partial charge in [0.25, 0.3) is 5.91 Å². The smallest absolute Gasteiger partial charge is 0.251 e. The SMILES string of the molecule is O=Cc1ccc(-c2ccccc2)cc1CNC(=O)c1ccccc1. The van der Waals surface area contributed by atoms with Crippen LogP contribution in [-0.4, -0.2) is 12.2 Å². The number of nitrogens with one attached hydrogen (secondary N) is 1. The first-order valence-electron chi connectivity index (χ1n) is 7.75. The van der Waals surface area contributed by atoms with Gasteiger partial charge in [0.1, 0.15) is 6.29 Å². The highest BCUT2D eigenvalue weighted by Crippen LogP contribution is 2.22. The summed E-state index contributed by atoms with van der Waals surface area (Å²) in [7, 11) is 0. The monoisotopic (exact) mass is 315 g/mol. The third kappa shape index (κ3) is 3.58. The number of benzene rings is 3. The maximum Gasteiger partial charge on any atom is 0.251 e. The highest BCUT2D eigenvalue weighted by atomic mass is 16.1. The Morgan fingerprint density at radius 1 is 0.833 bits per heavy atom. The summed E-state index contributed by atoms with van der Waals surface area (Å²) in [6.45, 7) is 0.308. The third-order valence-corrected chi connectivity index (χ3v) is 3.85. The minimum atomic E-state index is -0.155. The van der Waals surface area contributed by atoms with E-state index < -0.39 is 0 Å². The molecule has 0 aliphatic heterocycles. The summed E-state index contributed by atoms with van der Waals surface area (Å²) in [5.41, 5.74) is 4.08. The van der Waals surface area contributed by atoms with Crippen LogP contribution in [-0.2, 0) is 6.54 Å². The summed E-state index contributed by atoms with van der Waals surface area (Å²) >= 11 is 0. The Bertz CT molecular complexity index is 842. The van der Waals surface area contributed by atoms with E-state index in [4.69, 9.17) is 0 Å². The lowest BCUT2D eigenvalue weighted by Crippen LogP contribution is -2.23. The first-order valence-corrected chi connectivity index (χ1v) is 7.75. The molecule has 24 heavy (non-hydrogen) atoms. The molecule has 3 aromatic carbocycles. The molecule has 0 aromatic heterocycles. The fraction of sp³-hybridized carbons (Fsp3) is 0.0476. The van der Waals surface area contributed by atoms with Gasteiger partial charge in [0.2, 0.25) is 0 Å². The summed E-state index contributed by atoms with van der Waals surface area (Å²) in [5, 5.41) is 2.87. The first kappa shape index (κ1) is 15.7. The zero-order chi connectivity index (χ0) is 16.8. The minimum Gasteiger partial charge on any atom is -0.348 e. The van der Waals surface area contributed by atoms with Crippen molar-refractivity contribution in [1.29, 1.82) is 0 Å². The maximum absolute atomic E-state index is 12.2. The van der Waals surface area contributed by atoms with E-state index in [1.54, 1.807) is 18.2 Å². The Hall–Kier alpha value is -3.20. The second-order valence-electron chi connectivity index (χ2n) is 5.45. The largest absolute Gasteiger partial charge is 0.348 e. The zero-order valence-corrected chi connectivity index (χ0v) is 13.1. The van der Waals surface area contributed by atoms with E-state index in [0.29, 0.717) is 17.7 Å². The summed E-state index contributed by atoms with van der Waals surface area (Å²) < 4.78 is 0. The molecule has 3 rings (SSSR count). The first-order chi connectivity index (χ1) is 11.8. The van der Waals surface area contributed by atoms with E-state index in [9.17, 15) is 9.59 Å². The van der Waals surface area contributed by atoms with Crippen LogP contribution < -0.4 is 5.32 Å². The quantitative estimate of drug-likeness (QED) is 0.721. The van der Waals surface area contributed by atoms with Crippen molar-refractivity contribution >= 4 is 12.2 Å². The summed E-state index contributed by atoms with van der Waals surface area (Å²) in [6, 6.07) is 24.6. The molecule has 0 aliphatic carbocycles. The summed E-state index contributed by atoms with van der Waals surface area (Å²) in [4.78, 5) is 23.5. The van der Waals surface area contributed by atoms with Gasteiger partial charge in [0.05, 0.1) is 0 Å². The van der Waals surface area contributed by atoms with Crippen molar-refractivity contribution in [1.82, 2.24) is 5.32 Å². The average Bonchev–Trinajstić information content (AvgIpc) is 2.67. The van der Waals surface area contributed by atoms with Gasteiger partial charge in [0, 0.05) is 17.7 Å². The molecule has 0 bridgehead atoms. The molecule has 3 nitrogen and oxygen atoms in total. The van der Waals surface area contributed by atoms with E-state index in [1.165, 1.54) is 0 Å². The molecule has 3 aromatic rings. The Kier molecular flexibility index (Phi) is 4.82. The fourth-order valence-electron chi connectivity index (χ4n) is 2.55. The van der Waals surface area contributed by atoms with E-state index in [1.807, 2.05) is 60.7 Å². The van der Waals surface area contributed by atoms with E-state index in [-0.39, 0.29) is 5.91 Å². The molecule has 3 heteroatoms. The van der Waals surface area contributed by atoms with E-state index >= 15 is 0 Å². The average molecular weight is 315 g/mol. The molecular formula is C21H17NO2. The second kappa shape index (κ2) is 7.38. The minimum absolute atomic E-state index is 0.155. The van der Waals surface area contributed by atoms with Gasteiger partial charge in [-0.15, -0.1) is 0 Å². The van der Waals surface area contributed by atoms with Crippen molar-refractivity contribution in [3.05, 3.63) is 95.6 Å². The molecule has 0 fully saturated rings. The van der Waals surface area contributed by atoms with Crippen LogP contribution in [0.3, 0.4) is 0 Å². The van der Waals surface area contributed by atoms with Crippen LogP contribution in [0.15, 0.2) is 78.9 Å². The van der Waals surface area contributed by atoms with E-state index in [2.05, 4.69) is 5.32 Å². The van der Waals surface area contributed by atoms with Crippen molar-refractivity contribution in [3.63, 3.8) is 0 Å². The molecule has 0 atom stereocenters. The highest BCUT2D eigenvalue weighted by Gasteiger charge is 2.08. The molecule has 0 heterocycles. The van der Waals surface area contributed by atoms with Crippen molar-refractivity contribution in [2.24, 2.45) is 0 Å². The summed E-state index contributed by atoms with van der Waals surface area (Å²) in [6.07, 6.45) is 0.818. The summed E-state index contributed by atoms with van der Waals surface area (Å²) in [5.74, 6) is -0.155. The Labute approximate surface area is 141 Å². The number of carbonyl (C=O) groups is 2. The predicted octanol–water partition coefficient (Wildman–Crippen LogP) is 4.10. The van der Waals surface area contributed by atoms with Crippen LogP contribution >= 0.6 is 0 Å². The van der Waals surface area contributed by atoms with Crippen molar-refractivity contribution in [3.8, 4) is 11.1 Å². The fourth-order valence-corrected chi connectivity index (χ4v) is 2.55. The Morgan fingerprint density at radius 3 is 2.17 bits per heavy atom. The molecule has 1 amide bonds. The van der Waals surface area contributed by atoms with Crippen molar-refractivity contribution in [2.45, 2.75) is 6.54 Å². The zero-order valence-electron chi connectivity index (χ0n) is 13.1. The van der Waals surface area contributed by atoms with Gasteiger partial charge in [-0.25, -0.2) is 0 Å². The molecule has 0 saturated heterocycles. The van der Waals surface area contributed by atoms with Crippen molar-refractivity contribution < 1.29 is 9.59 Å². The second-order valence-corrected chi connectivity index (χ2v) is 5.45. The molecule has 0 aliphatic rings. The molecule has 1 N–H and O–H groups in total. The van der Waals surface area contributed by atoms with Crippen LogP contribution in [0.2, 0.25) is 0 Å². The van der Waals surface area contributed by atoms with E-state index in [0.717, 1.165) is 23.0 Å². The Morgan fingerprint density at radius 2 is 1.50 bits per heavy atom. The molecule has 0 saturated carbocycles. The van der Waals surface area contributed by atoms with Crippen LogP contribution in [0.25, 0.3) is 11.1 Å². The number of hydrogen-bond acceptors (Lipinski definition) is 2. The number of rotatable bonds is 5. The number of aldehydes is 1. The van der Waals surface area contributed by atoms with Crippen molar-refractivity contribution in [2.75, 3.05) is 0 Å². The lowest BCUT2D eigenvalue weighted by molar-refractivity contribution is 0.0949. The number of amides is 1. The predicted molar refractivity (Wildman–Crippen MR) is 94.9 cm³/mol. The Balaban J connectivity index is 1.81. The molecule has 0 radical (unpaired) electrons. The van der Waals surface area contributed by atoms with Gasteiger partial charge < -0.3 is 5.32 Å². The highest BCUT2D eigenvalue weighted by molar-refractivity contribution is 5.94. The molecule has 0 spiro atoms. The van der Waals surface area contributed by atoms with Crippen LogP contribution in [0.1, 0.15) is 26.3 Å². The topological polar surface area (TPSA) is 46.2 Å². The van der Waals surface area contributed by atoms with Gasteiger partial charge in [-0.05, 0) is 34.9 Å². The standard InChI is InChI=1S/C21H17NO2/c23-15-19-12-11-18(16-7-3-1-4-8-16)13-20(19)14-22-21(24)17-9-5-2-6-10-17/h1-13,15H,14H2,(H,22,24). The third-order valence-electron chi connectivity index (χ3n) is 3.85. The van der Waals surface area contributed by atoms with Gasteiger partial charge in [-0.3, -0.25) is 9.59 Å². The lowest BCUT2D eigenvalue weighted by atomic mass is 9.99. The van der Waals surface area contributed by atoms with Gasteiger partial charge >= 0.3 is 0 Å². The number of carbonyl (C=O) groups excluding carboxylic acids is 2. The van der Waals surface area contributed by atoms with Gasteiger partial charge in [-0.2, -0.15) is 0 Å². The van der Waals surface area contributed by atoms with Crippen LogP contribution in [0.4, 0.5) is 0 Å². The molecular weight excluding hydrogens is 298 g/mol.